The predicted molar refractivity (Wildman–Crippen MR) is 84.2 cm³/mol. The van der Waals surface area contributed by atoms with Gasteiger partial charge in [-0.3, -0.25) is 4.79 Å². The van der Waals surface area contributed by atoms with Gasteiger partial charge in [0, 0.05) is 12.2 Å². The Balaban J connectivity index is 2.16. The number of carbonyl (C=O) groups excluding carboxylic acids is 1. The van der Waals surface area contributed by atoms with Crippen molar-refractivity contribution in [3.05, 3.63) is 29.8 Å². The van der Waals surface area contributed by atoms with Crippen molar-refractivity contribution in [1.29, 1.82) is 0 Å². The maximum atomic E-state index is 12.5. The number of likely N-dealkylation sites (N-methyl/N-ethyl adjacent to an activating group) is 1. The zero-order valence-corrected chi connectivity index (χ0v) is 13.1. The molecule has 3 nitrogen and oxygen atoms in total. The molecular weight excluding hydrogens is 248 g/mol. The smallest absolute Gasteiger partial charge is 0.244 e. The van der Waals surface area contributed by atoms with Crippen LogP contribution in [0.1, 0.15) is 46.1 Å². The summed E-state index contributed by atoms with van der Waals surface area (Å²) in [6.07, 6.45) is 2.01. The van der Waals surface area contributed by atoms with Gasteiger partial charge in [0.05, 0.1) is 6.04 Å². The number of nitrogens with zero attached hydrogens (tertiary/aromatic N) is 1. The molecule has 2 rings (SSSR count). The van der Waals surface area contributed by atoms with E-state index < -0.39 is 0 Å². The number of anilines is 1. The quantitative estimate of drug-likeness (QED) is 0.918. The van der Waals surface area contributed by atoms with Crippen LogP contribution in [-0.2, 0) is 10.2 Å². The Labute approximate surface area is 122 Å². The van der Waals surface area contributed by atoms with Gasteiger partial charge in [-0.25, -0.2) is 0 Å². The minimum atomic E-state index is -0.0176. The Morgan fingerprint density at radius 3 is 2.45 bits per heavy atom. The lowest BCUT2D eigenvalue weighted by atomic mass is 9.87. The molecule has 1 saturated heterocycles. The van der Waals surface area contributed by atoms with Crippen molar-refractivity contribution in [2.45, 2.75) is 52.0 Å². The average Bonchev–Trinajstić information content (AvgIpc) is 2.41. The number of hydrogen-bond acceptors (Lipinski definition) is 2. The third-order valence-corrected chi connectivity index (χ3v) is 3.93. The van der Waals surface area contributed by atoms with Crippen LogP contribution in [-0.4, -0.2) is 25.0 Å². The number of nitrogens with one attached hydrogen (secondary N) is 1. The normalized spacial score (nSPS) is 20.3. The summed E-state index contributed by atoms with van der Waals surface area (Å²) >= 11 is 0. The highest BCUT2D eigenvalue weighted by atomic mass is 16.2. The fraction of sp³-hybridized carbons (Fsp3) is 0.588. The lowest BCUT2D eigenvalue weighted by molar-refractivity contribution is -0.121. The second-order valence-corrected chi connectivity index (χ2v) is 6.54. The van der Waals surface area contributed by atoms with E-state index in [2.05, 4.69) is 50.4 Å². The van der Waals surface area contributed by atoms with E-state index in [0.717, 1.165) is 31.6 Å². The Morgan fingerprint density at radius 1 is 1.25 bits per heavy atom. The Hall–Kier alpha value is -1.35. The van der Waals surface area contributed by atoms with Gasteiger partial charge in [-0.1, -0.05) is 39.8 Å². The van der Waals surface area contributed by atoms with E-state index in [9.17, 15) is 4.79 Å². The van der Waals surface area contributed by atoms with E-state index in [4.69, 9.17) is 0 Å². The average molecular weight is 274 g/mol. The van der Waals surface area contributed by atoms with Crippen LogP contribution < -0.4 is 10.2 Å². The van der Waals surface area contributed by atoms with Gasteiger partial charge >= 0.3 is 0 Å². The Kier molecular flexibility index (Phi) is 4.48. The number of amides is 1. The number of hydrogen-bond donors (Lipinski definition) is 1. The molecule has 1 unspecified atom stereocenters. The molecule has 3 heteroatoms. The molecule has 1 amide bonds. The zero-order chi connectivity index (χ0) is 14.8. The van der Waals surface area contributed by atoms with Crippen LogP contribution in [0.2, 0.25) is 0 Å². The van der Waals surface area contributed by atoms with Crippen molar-refractivity contribution in [3.8, 4) is 0 Å². The first-order valence-corrected chi connectivity index (χ1v) is 7.59. The van der Waals surface area contributed by atoms with Crippen LogP contribution in [0.15, 0.2) is 24.3 Å². The monoisotopic (exact) mass is 274 g/mol. The molecule has 20 heavy (non-hydrogen) atoms. The molecule has 1 aromatic carbocycles. The van der Waals surface area contributed by atoms with Gasteiger partial charge in [-0.2, -0.15) is 0 Å². The minimum absolute atomic E-state index is 0.0176. The fourth-order valence-corrected chi connectivity index (χ4v) is 2.71. The van der Waals surface area contributed by atoms with Crippen molar-refractivity contribution >= 4 is 11.6 Å². The summed E-state index contributed by atoms with van der Waals surface area (Å²) in [7, 11) is 0. The first kappa shape index (κ1) is 15.0. The molecule has 110 valence electrons. The van der Waals surface area contributed by atoms with Gasteiger partial charge in [0.25, 0.3) is 0 Å². The molecule has 0 saturated carbocycles. The maximum Gasteiger partial charge on any atom is 0.244 e. The molecule has 1 heterocycles. The first-order chi connectivity index (χ1) is 9.43. The maximum absolute atomic E-state index is 12.5. The largest absolute Gasteiger partial charge is 0.311 e. The van der Waals surface area contributed by atoms with E-state index in [1.165, 1.54) is 5.56 Å². The second kappa shape index (κ2) is 5.96. The molecule has 0 aliphatic carbocycles. The molecule has 0 radical (unpaired) electrons. The zero-order valence-electron chi connectivity index (χ0n) is 13.1. The summed E-state index contributed by atoms with van der Waals surface area (Å²) in [5.41, 5.74) is 2.47. The molecule has 1 atom stereocenters. The van der Waals surface area contributed by atoms with Crippen LogP contribution in [0.4, 0.5) is 5.69 Å². The molecule has 0 aromatic heterocycles. The summed E-state index contributed by atoms with van der Waals surface area (Å²) in [5.74, 6) is 0.210. The molecule has 1 aliphatic heterocycles. The molecular formula is C17H26N2O. The Morgan fingerprint density at radius 2 is 1.90 bits per heavy atom. The van der Waals surface area contributed by atoms with Crippen molar-refractivity contribution in [2.75, 3.05) is 18.0 Å². The van der Waals surface area contributed by atoms with Crippen molar-refractivity contribution in [2.24, 2.45) is 0 Å². The lowest BCUT2D eigenvalue weighted by Crippen LogP contribution is -2.50. The predicted octanol–water partition coefficient (Wildman–Crippen LogP) is 3.09. The summed E-state index contributed by atoms with van der Waals surface area (Å²) < 4.78 is 0. The van der Waals surface area contributed by atoms with Crippen LogP contribution in [0.5, 0.6) is 0 Å². The van der Waals surface area contributed by atoms with E-state index >= 15 is 0 Å². The standard InChI is InChI=1S/C17H26N2O/c1-5-18-15-7-6-12-19(16(15)20)14-10-8-13(9-11-14)17(2,3)4/h8-11,15,18H,5-7,12H2,1-4H3. The van der Waals surface area contributed by atoms with Crippen molar-refractivity contribution in [1.82, 2.24) is 5.32 Å². The topological polar surface area (TPSA) is 32.3 Å². The van der Waals surface area contributed by atoms with Gasteiger partial charge < -0.3 is 10.2 Å². The molecule has 1 aliphatic rings. The SMILES string of the molecule is CCNC1CCCN(c2ccc(C(C)(C)C)cc2)C1=O. The molecule has 1 aromatic rings. The highest BCUT2D eigenvalue weighted by Crippen LogP contribution is 2.26. The highest BCUT2D eigenvalue weighted by molar-refractivity contribution is 5.97. The third-order valence-electron chi connectivity index (χ3n) is 3.93. The molecule has 0 bridgehead atoms. The minimum Gasteiger partial charge on any atom is -0.311 e. The first-order valence-electron chi connectivity index (χ1n) is 7.59. The fourth-order valence-electron chi connectivity index (χ4n) is 2.71. The lowest BCUT2D eigenvalue weighted by Gasteiger charge is -2.33. The number of piperidine rings is 1. The van der Waals surface area contributed by atoms with Crippen LogP contribution in [0.25, 0.3) is 0 Å². The van der Waals surface area contributed by atoms with Gasteiger partial charge in [0.2, 0.25) is 5.91 Å². The summed E-state index contributed by atoms with van der Waals surface area (Å²) in [4.78, 5) is 14.4. The Bertz CT molecular complexity index is 457. The van der Waals surface area contributed by atoms with E-state index in [-0.39, 0.29) is 17.4 Å². The van der Waals surface area contributed by atoms with Crippen LogP contribution >= 0.6 is 0 Å². The van der Waals surface area contributed by atoms with Gasteiger partial charge in [0.1, 0.15) is 0 Å². The molecule has 1 fully saturated rings. The third kappa shape index (κ3) is 3.21. The summed E-state index contributed by atoms with van der Waals surface area (Å²) in [6.45, 7) is 10.3. The van der Waals surface area contributed by atoms with Crippen molar-refractivity contribution in [3.63, 3.8) is 0 Å². The molecule has 0 spiro atoms. The second-order valence-electron chi connectivity index (χ2n) is 6.54. The van der Waals surface area contributed by atoms with Crippen LogP contribution in [0.3, 0.4) is 0 Å². The number of rotatable bonds is 3. The van der Waals surface area contributed by atoms with Gasteiger partial charge in [0.15, 0.2) is 0 Å². The highest BCUT2D eigenvalue weighted by Gasteiger charge is 2.28. The number of benzene rings is 1. The van der Waals surface area contributed by atoms with Crippen LogP contribution in [0, 0.1) is 0 Å². The summed E-state index contributed by atoms with van der Waals surface area (Å²) in [6, 6.07) is 8.41. The van der Waals surface area contributed by atoms with Gasteiger partial charge in [-0.15, -0.1) is 0 Å². The van der Waals surface area contributed by atoms with E-state index in [0.29, 0.717) is 0 Å². The van der Waals surface area contributed by atoms with Gasteiger partial charge in [-0.05, 0) is 42.5 Å². The molecule has 1 N–H and O–H groups in total. The van der Waals surface area contributed by atoms with E-state index in [1.54, 1.807) is 0 Å². The summed E-state index contributed by atoms with van der Waals surface area (Å²) in [5, 5.41) is 3.28. The van der Waals surface area contributed by atoms with Crippen molar-refractivity contribution < 1.29 is 4.79 Å². The number of carbonyl (C=O) groups is 1. The van der Waals surface area contributed by atoms with E-state index in [1.807, 2.05) is 11.8 Å².